The molecule has 0 radical (unpaired) electrons. The third kappa shape index (κ3) is 2.52. The summed E-state index contributed by atoms with van der Waals surface area (Å²) in [6.07, 6.45) is 1.66. The number of amides is 2. The van der Waals surface area contributed by atoms with E-state index >= 15 is 0 Å². The Balaban J connectivity index is 1.72. The summed E-state index contributed by atoms with van der Waals surface area (Å²) in [5, 5.41) is 24.9. The summed E-state index contributed by atoms with van der Waals surface area (Å²) in [6.45, 7) is 0.221. The predicted octanol–water partition coefficient (Wildman–Crippen LogP) is -1.36. The molecule has 11 nitrogen and oxygen atoms in total. The van der Waals surface area contributed by atoms with E-state index in [1.807, 2.05) is 0 Å². The van der Waals surface area contributed by atoms with E-state index < -0.39 is 18.0 Å². The van der Waals surface area contributed by atoms with Crippen molar-refractivity contribution in [3.05, 3.63) is 23.5 Å². The molecule has 110 valence electrons. The van der Waals surface area contributed by atoms with Crippen LogP contribution in [0.4, 0.5) is 4.79 Å². The number of carbonyl (C=O) groups is 2. The van der Waals surface area contributed by atoms with Gasteiger partial charge in [-0.15, -0.1) is 10.2 Å². The van der Waals surface area contributed by atoms with Crippen LogP contribution in [0.3, 0.4) is 0 Å². The van der Waals surface area contributed by atoms with E-state index in [-0.39, 0.29) is 19.5 Å². The number of carbonyl (C=O) groups excluding carboxylic acids is 1. The summed E-state index contributed by atoms with van der Waals surface area (Å²) in [5.74, 6) is -0.757. The summed E-state index contributed by atoms with van der Waals surface area (Å²) in [5.41, 5.74) is 1.41. The van der Waals surface area contributed by atoms with Crippen LogP contribution in [0.1, 0.15) is 17.2 Å². The molecule has 1 atom stereocenters. The van der Waals surface area contributed by atoms with Crippen molar-refractivity contribution in [2.75, 3.05) is 0 Å². The maximum atomic E-state index is 12.2. The Morgan fingerprint density at radius 2 is 2.38 bits per heavy atom. The van der Waals surface area contributed by atoms with Crippen molar-refractivity contribution in [1.29, 1.82) is 0 Å². The highest BCUT2D eigenvalue weighted by atomic mass is 16.4. The maximum absolute atomic E-state index is 12.2. The number of aromatic nitrogens is 6. The molecule has 0 fully saturated rings. The molecule has 4 N–H and O–H groups in total. The van der Waals surface area contributed by atoms with Crippen molar-refractivity contribution in [3.63, 3.8) is 0 Å². The highest BCUT2D eigenvalue weighted by Crippen LogP contribution is 2.20. The van der Waals surface area contributed by atoms with Gasteiger partial charge in [0, 0.05) is 6.42 Å². The number of nitrogens with one attached hydrogen (secondary N) is 3. The fraction of sp³-hybridized carbons (Fsp3) is 0.400. The van der Waals surface area contributed by atoms with Crippen LogP contribution >= 0.6 is 0 Å². The van der Waals surface area contributed by atoms with Crippen LogP contribution in [0.15, 0.2) is 6.33 Å². The number of imidazole rings is 1. The van der Waals surface area contributed by atoms with Crippen LogP contribution in [-0.2, 0) is 24.3 Å². The molecule has 21 heavy (non-hydrogen) atoms. The molecule has 1 aliphatic heterocycles. The lowest BCUT2D eigenvalue weighted by Gasteiger charge is -2.32. The third-order valence-corrected chi connectivity index (χ3v) is 3.23. The minimum absolute atomic E-state index is 0.0635. The first kappa shape index (κ1) is 13.0. The zero-order valence-electron chi connectivity index (χ0n) is 10.8. The summed E-state index contributed by atoms with van der Waals surface area (Å²) in [6, 6.07) is -1.46. The van der Waals surface area contributed by atoms with Crippen molar-refractivity contribution >= 4 is 12.0 Å². The molecule has 0 aromatic carbocycles. The molecule has 0 saturated heterocycles. The maximum Gasteiger partial charge on any atom is 0.326 e. The van der Waals surface area contributed by atoms with Gasteiger partial charge in [0.15, 0.2) is 5.82 Å². The molecular formula is C10H12N8O3. The van der Waals surface area contributed by atoms with Gasteiger partial charge in [0.25, 0.3) is 0 Å². The Morgan fingerprint density at radius 3 is 3.10 bits per heavy atom. The first-order chi connectivity index (χ1) is 10.1. The van der Waals surface area contributed by atoms with Gasteiger partial charge < -0.3 is 20.3 Å². The minimum Gasteiger partial charge on any atom is -0.480 e. The molecule has 0 saturated carbocycles. The topological polar surface area (TPSA) is 153 Å². The van der Waals surface area contributed by atoms with Crippen molar-refractivity contribution in [2.45, 2.75) is 25.6 Å². The first-order valence-electron chi connectivity index (χ1n) is 6.16. The lowest BCUT2D eigenvalue weighted by atomic mass is 10.0. The van der Waals surface area contributed by atoms with E-state index in [4.69, 9.17) is 0 Å². The van der Waals surface area contributed by atoms with Gasteiger partial charge in [-0.2, -0.15) is 5.21 Å². The number of carboxylic acids is 1. The van der Waals surface area contributed by atoms with Crippen molar-refractivity contribution in [2.24, 2.45) is 0 Å². The summed E-state index contributed by atoms with van der Waals surface area (Å²) in [7, 11) is 0. The quantitative estimate of drug-likeness (QED) is 0.545. The second kappa shape index (κ2) is 5.19. The van der Waals surface area contributed by atoms with Crippen LogP contribution in [0, 0.1) is 0 Å². The third-order valence-electron chi connectivity index (χ3n) is 3.23. The number of rotatable bonds is 3. The van der Waals surface area contributed by atoms with Crippen LogP contribution in [0.25, 0.3) is 0 Å². The predicted molar refractivity (Wildman–Crippen MR) is 65.7 cm³/mol. The number of fused-ring (bicyclic) bond motifs is 1. The van der Waals surface area contributed by atoms with Gasteiger partial charge in [0.2, 0.25) is 0 Å². The number of aromatic amines is 2. The number of hydrogen-bond donors (Lipinski definition) is 4. The number of H-pyrrole nitrogens is 2. The largest absolute Gasteiger partial charge is 0.480 e. The number of nitrogens with zero attached hydrogens (tertiary/aromatic N) is 5. The van der Waals surface area contributed by atoms with Gasteiger partial charge >= 0.3 is 12.0 Å². The van der Waals surface area contributed by atoms with E-state index in [2.05, 4.69) is 35.9 Å². The number of urea groups is 1. The van der Waals surface area contributed by atoms with Crippen molar-refractivity contribution in [3.8, 4) is 0 Å². The number of aliphatic carboxylic acids is 1. The fourth-order valence-electron chi connectivity index (χ4n) is 2.18. The number of tetrazole rings is 1. The number of hydrogen-bond acceptors (Lipinski definition) is 6. The molecule has 2 aromatic rings. The van der Waals surface area contributed by atoms with Gasteiger partial charge in [-0.3, -0.25) is 0 Å². The Kier molecular flexibility index (Phi) is 3.22. The monoisotopic (exact) mass is 292 g/mol. The smallest absolute Gasteiger partial charge is 0.326 e. The normalized spacial score (nSPS) is 17.3. The molecule has 1 unspecified atom stereocenters. The molecule has 3 rings (SSSR count). The zero-order valence-corrected chi connectivity index (χ0v) is 10.8. The fourth-order valence-corrected chi connectivity index (χ4v) is 2.18. The van der Waals surface area contributed by atoms with E-state index in [1.54, 1.807) is 0 Å². The lowest BCUT2D eigenvalue weighted by Crippen LogP contribution is -2.52. The summed E-state index contributed by atoms with van der Waals surface area (Å²) in [4.78, 5) is 31.7. The van der Waals surface area contributed by atoms with Crippen molar-refractivity contribution < 1.29 is 14.7 Å². The van der Waals surface area contributed by atoms with Crippen LogP contribution in [0.2, 0.25) is 0 Å². The summed E-state index contributed by atoms with van der Waals surface area (Å²) < 4.78 is 0. The van der Waals surface area contributed by atoms with E-state index in [9.17, 15) is 14.7 Å². The Bertz CT molecular complexity index is 651. The first-order valence-corrected chi connectivity index (χ1v) is 6.16. The molecule has 1 aliphatic rings. The molecule has 2 amide bonds. The molecule has 0 bridgehead atoms. The van der Waals surface area contributed by atoms with E-state index in [1.165, 1.54) is 11.2 Å². The van der Waals surface area contributed by atoms with Crippen molar-refractivity contribution in [1.82, 2.24) is 40.8 Å². The highest BCUT2D eigenvalue weighted by Gasteiger charge is 2.35. The Labute approximate surface area is 117 Å². The van der Waals surface area contributed by atoms with Crippen LogP contribution < -0.4 is 5.32 Å². The lowest BCUT2D eigenvalue weighted by molar-refractivity contribution is -0.142. The second-order valence-corrected chi connectivity index (χ2v) is 4.50. The van der Waals surface area contributed by atoms with Gasteiger partial charge in [0.05, 0.1) is 30.8 Å². The van der Waals surface area contributed by atoms with Crippen LogP contribution in [-0.4, -0.2) is 58.6 Å². The summed E-state index contributed by atoms with van der Waals surface area (Å²) >= 11 is 0. The molecule has 2 aromatic heterocycles. The Morgan fingerprint density at radius 1 is 1.52 bits per heavy atom. The average Bonchev–Trinajstić information content (AvgIpc) is 3.13. The molecular weight excluding hydrogens is 280 g/mol. The van der Waals surface area contributed by atoms with Gasteiger partial charge in [0.1, 0.15) is 6.04 Å². The molecule has 3 heterocycles. The minimum atomic E-state index is -1.07. The molecule has 11 heteroatoms. The molecule has 0 spiro atoms. The van der Waals surface area contributed by atoms with E-state index in [0.717, 1.165) is 5.69 Å². The SMILES string of the molecule is O=C(O)C1Cc2nc[nH]c2CN1C(=O)NCc1nn[nH]n1. The molecule has 0 aliphatic carbocycles. The van der Waals surface area contributed by atoms with Crippen LogP contribution in [0.5, 0.6) is 0 Å². The Hall–Kier alpha value is -2.98. The average molecular weight is 292 g/mol. The standard InChI is InChI=1S/C10H12N8O3/c19-9(20)7-1-5-6(13-4-12-5)3-18(7)10(21)11-2-8-14-16-17-15-8/h4,7H,1-3H2,(H,11,21)(H,12,13)(H,19,20)(H,14,15,16,17). The zero-order chi connectivity index (χ0) is 14.8. The van der Waals surface area contributed by atoms with Gasteiger partial charge in [-0.25, -0.2) is 14.6 Å². The van der Waals surface area contributed by atoms with Gasteiger partial charge in [-0.1, -0.05) is 5.21 Å². The van der Waals surface area contributed by atoms with Gasteiger partial charge in [-0.05, 0) is 0 Å². The highest BCUT2D eigenvalue weighted by molar-refractivity contribution is 5.83. The second-order valence-electron chi connectivity index (χ2n) is 4.50. The van der Waals surface area contributed by atoms with E-state index in [0.29, 0.717) is 11.5 Å². The number of carboxylic acid groups (broad SMARTS) is 1.